The van der Waals surface area contributed by atoms with Crippen LogP contribution in [0.25, 0.3) is 0 Å². The lowest BCUT2D eigenvalue weighted by atomic mass is 10.2. The molecule has 1 rings (SSSR count). The van der Waals surface area contributed by atoms with Crippen LogP contribution in [0.15, 0.2) is 24.4 Å². The minimum Gasteiger partial charge on any atom is -0.394 e. The second-order valence-corrected chi connectivity index (χ2v) is 1.86. The van der Waals surface area contributed by atoms with Crippen molar-refractivity contribution in [1.82, 2.24) is 5.06 Å². The van der Waals surface area contributed by atoms with Gasteiger partial charge >= 0.3 is 0 Å². The number of rotatable bonds is 1. The molecule has 1 aliphatic heterocycles. The summed E-state index contributed by atoms with van der Waals surface area (Å²) in [6, 6.07) is -0.269. The van der Waals surface area contributed by atoms with Crippen molar-refractivity contribution in [1.29, 1.82) is 0 Å². The average Bonchev–Trinajstić information content (AvgIpc) is 1.89. The summed E-state index contributed by atoms with van der Waals surface area (Å²) in [6.07, 6.45) is 6.71. The minimum atomic E-state index is -0.269. The Balaban J connectivity index is 2.55. The Labute approximate surface area is 53.5 Å². The second-order valence-electron chi connectivity index (χ2n) is 1.86. The van der Waals surface area contributed by atoms with Gasteiger partial charge in [-0.1, -0.05) is 12.2 Å². The molecule has 1 atom stereocenters. The highest BCUT2D eigenvalue weighted by Crippen LogP contribution is 2.02. The maximum atomic E-state index is 8.90. The predicted octanol–water partition coefficient (Wildman–Crippen LogP) is 0.122. The van der Waals surface area contributed by atoms with Gasteiger partial charge in [0.1, 0.15) is 0 Å². The van der Waals surface area contributed by atoms with Gasteiger partial charge in [-0.2, -0.15) is 0 Å². The summed E-state index contributed by atoms with van der Waals surface area (Å²) in [5.41, 5.74) is 0. The zero-order chi connectivity index (χ0) is 6.69. The maximum Gasteiger partial charge on any atom is 0.0970 e. The van der Waals surface area contributed by atoms with E-state index in [1.165, 1.54) is 6.20 Å². The zero-order valence-electron chi connectivity index (χ0n) is 4.94. The van der Waals surface area contributed by atoms with E-state index in [1.807, 2.05) is 0 Å². The van der Waals surface area contributed by atoms with E-state index in [2.05, 4.69) is 0 Å². The first kappa shape index (κ1) is 6.32. The Bertz CT molecular complexity index is 142. The zero-order valence-corrected chi connectivity index (χ0v) is 4.94. The lowest BCUT2D eigenvalue weighted by Gasteiger charge is -2.21. The van der Waals surface area contributed by atoms with Gasteiger partial charge in [0, 0.05) is 6.20 Å². The van der Waals surface area contributed by atoms with Crippen LogP contribution in [-0.2, 0) is 0 Å². The van der Waals surface area contributed by atoms with Crippen LogP contribution in [-0.4, -0.2) is 28.0 Å². The normalized spacial score (nSPS) is 25.1. The molecule has 1 aliphatic rings. The van der Waals surface area contributed by atoms with Crippen molar-refractivity contribution in [2.75, 3.05) is 6.61 Å². The summed E-state index contributed by atoms with van der Waals surface area (Å²) >= 11 is 0. The van der Waals surface area contributed by atoms with E-state index in [0.29, 0.717) is 0 Å². The molecule has 50 valence electrons. The van der Waals surface area contributed by atoms with Crippen molar-refractivity contribution in [3.63, 3.8) is 0 Å². The standard InChI is InChI=1S/C6H9NO2/c8-5-6-3-1-2-4-7(6)9/h1-4,6,8-9H,5H2. The first-order valence-electron chi connectivity index (χ1n) is 2.77. The lowest BCUT2D eigenvalue weighted by molar-refractivity contribution is -0.0780. The number of hydrogen-bond donors (Lipinski definition) is 2. The van der Waals surface area contributed by atoms with Crippen LogP contribution >= 0.6 is 0 Å². The molecule has 0 spiro atoms. The van der Waals surface area contributed by atoms with E-state index in [-0.39, 0.29) is 12.6 Å². The smallest absolute Gasteiger partial charge is 0.0970 e. The van der Waals surface area contributed by atoms with Crippen molar-refractivity contribution in [3.05, 3.63) is 24.4 Å². The van der Waals surface area contributed by atoms with Gasteiger partial charge in [0.2, 0.25) is 0 Å². The van der Waals surface area contributed by atoms with Crippen LogP contribution < -0.4 is 0 Å². The van der Waals surface area contributed by atoms with Gasteiger partial charge in [0.25, 0.3) is 0 Å². The highest BCUT2D eigenvalue weighted by Gasteiger charge is 2.08. The Kier molecular flexibility index (Phi) is 1.87. The number of allylic oxidation sites excluding steroid dienone is 2. The number of aliphatic hydroxyl groups excluding tert-OH is 1. The molecule has 0 bridgehead atoms. The molecular weight excluding hydrogens is 118 g/mol. The number of hydrogen-bond acceptors (Lipinski definition) is 3. The summed E-state index contributed by atoms with van der Waals surface area (Å²) in [5, 5.41) is 18.5. The topological polar surface area (TPSA) is 43.7 Å². The van der Waals surface area contributed by atoms with E-state index in [9.17, 15) is 0 Å². The number of hydroxylamine groups is 2. The Morgan fingerprint density at radius 2 is 2.22 bits per heavy atom. The molecule has 0 aromatic carbocycles. The summed E-state index contributed by atoms with van der Waals surface area (Å²) < 4.78 is 0. The molecule has 0 aromatic heterocycles. The van der Waals surface area contributed by atoms with Crippen LogP contribution in [0, 0.1) is 0 Å². The van der Waals surface area contributed by atoms with Crippen LogP contribution in [0.5, 0.6) is 0 Å². The van der Waals surface area contributed by atoms with Gasteiger partial charge in [-0.25, -0.2) is 0 Å². The van der Waals surface area contributed by atoms with Crippen LogP contribution in [0.1, 0.15) is 0 Å². The summed E-state index contributed by atoms with van der Waals surface area (Å²) in [6.45, 7) is -0.0582. The van der Waals surface area contributed by atoms with Crippen molar-refractivity contribution >= 4 is 0 Å². The lowest BCUT2D eigenvalue weighted by Crippen LogP contribution is -2.30. The largest absolute Gasteiger partial charge is 0.394 e. The molecule has 3 nitrogen and oxygen atoms in total. The highest BCUT2D eigenvalue weighted by molar-refractivity contribution is 5.11. The van der Waals surface area contributed by atoms with Crippen LogP contribution in [0.3, 0.4) is 0 Å². The molecule has 0 amide bonds. The number of nitrogens with zero attached hydrogens (tertiary/aromatic N) is 1. The fraction of sp³-hybridized carbons (Fsp3) is 0.333. The van der Waals surface area contributed by atoms with Gasteiger partial charge in [-0.3, -0.25) is 10.3 Å². The SMILES string of the molecule is OCC1C=CC=CN1O. The fourth-order valence-electron chi connectivity index (χ4n) is 0.674. The summed E-state index contributed by atoms with van der Waals surface area (Å²) in [5.74, 6) is 0. The highest BCUT2D eigenvalue weighted by atomic mass is 16.5. The third-order valence-corrected chi connectivity index (χ3v) is 1.21. The molecule has 3 heteroatoms. The van der Waals surface area contributed by atoms with E-state index >= 15 is 0 Å². The monoisotopic (exact) mass is 127 g/mol. The molecule has 9 heavy (non-hydrogen) atoms. The molecule has 0 aliphatic carbocycles. The quantitative estimate of drug-likeness (QED) is 0.526. The number of aliphatic hydroxyl groups is 1. The maximum absolute atomic E-state index is 8.90. The van der Waals surface area contributed by atoms with E-state index in [4.69, 9.17) is 10.3 Å². The molecule has 0 radical (unpaired) electrons. The Hall–Kier alpha value is -0.800. The molecule has 0 saturated carbocycles. The van der Waals surface area contributed by atoms with Crippen molar-refractivity contribution in [2.24, 2.45) is 0 Å². The van der Waals surface area contributed by atoms with Gasteiger partial charge < -0.3 is 5.11 Å². The van der Waals surface area contributed by atoms with E-state index < -0.39 is 0 Å². The van der Waals surface area contributed by atoms with Gasteiger partial charge in [0.15, 0.2) is 0 Å². The minimum absolute atomic E-state index is 0.0582. The van der Waals surface area contributed by atoms with E-state index in [1.54, 1.807) is 18.2 Å². The first-order chi connectivity index (χ1) is 4.34. The molecular formula is C6H9NO2. The molecule has 1 heterocycles. The third kappa shape index (κ3) is 1.31. The average molecular weight is 127 g/mol. The van der Waals surface area contributed by atoms with E-state index in [0.717, 1.165) is 5.06 Å². The van der Waals surface area contributed by atoms with Crippen LogP contribution in [0.4, 0.5) is 0 Å². The summed E-state index contributed by atoms with van der Waals surface area (Å²) in [4.78, 5) is 0. The summed E-state index contributed by atoms with van der Waals surface area (Å²) in [7, 11) is 0. The second kappa shape index (κ2) is 2.66. The molecule has 2 N–H and O–H groups in total. The van der Waals surface area contributed by atoms with Gasteiger partial charge in [-0.15, -0.1) is 0 Å². The van der Waals surface area contributed by atoms with Crippen molar-refractivity contribution < 1.29 is 10.3 Å². The molecule has 0 saturated heterocycles. The van der Waals surface area contributed by atoms with Crippen molar-refractivity contribution in [2.45, 2.75) is 6.04 Å². The Morgan fingerprint density at radius 3 is 2.67 bits per heavy atom. The molecule has 0 fully saturated rings. The fourth-order valence-corrected chi connectivity index (χ4v) is 0.674. The molecule has 0 aromatic rings. The Morgan fingerprint density at radius 1 is 1.44 bits per heavy atom. The molecule has 1 unspecified atom stereocenters. The van der Waals surface area contributed by atoms with Crippen molar-refractivity contribution in [3.8, 4) is 0 Å². The first-order valence-corrected chi connectivity index (χ1v) is 2.77. The predicted molar refractivity (Wildman–Crippen MR) is 32.8 cm³/mol. The van der Waals surface area contributed by atoms with Gasteiger partial charge in [-0.05, 0) is 6.08 Å². The van der Waals surface area contributed by atoms with Gasteiger partial charge in [0.05, 0.1) is 12.6 Å². The van der Waals surface area contributed by atoms with Crippen LogP contribution in [0.2, 0.25) is 0 Å². The third-order valence-electron chi connectivity index (χ3n) is 1.21.